The molecule has 6 heteroatoms. The van der Waals surface area contributed by atoms with Gasteiger partial charge in [0, 0.05) is 5.69 Å². The number of hydrogen-bond acceptors (Lipinski definition) is 4. The lowest BCUT2D eigenvalue weighted by molar-refractivity contribution is -0.115. The Kier molecular flexibility index (Phi) is 5.72. The molecule has 1 aliphatic carbocycles. The number of anilines is 1. The lowest BCUT2D eigenvalue weighted by Crippen LogP contribution is -2.28. The Morgan fingerprint density at radius 2 is 1.96 bits per heavy atom. The van der Waals surface area contributed by atoms with Gasteiger partial charge in [0.2, 0.25) is 5.91 Å². The molecule has 0 spiro atoms. The number of nitrogens with one attached hydrogen (secondary N) is 1. The molecule has 0 bridgehead atoms. The Morgan fingerprint density at radius 3 is 2.61 bits per heavy atom. The number of aliphatic hydroxyl groups is 1. The highest BCUT2D eigenvalue weighted by atomic mass is 32.2. The number of fused-ring (bicyclic) bond motifs is 1. The van der Waals surface area contributed by atoms with Gasteiger partial charge < -0.3 is 10.4 Å². The van der Waals surface area contributed by atoms with E-state index in [1.54, 1.807) is 31.2 Å². The molecule has 2 N–H and O–H groups in total. The molecule has 1 aliphatic rings. The van der Waals surface area contributed by atoms with Crippen molar-refractivity contribution < 1.29 is 18.3 Å². The number of carbonyl (C=O) groups excluding carboxylic acids is 1. The van der Waals surface area contributed by atoms with Crippen LogP contribution in [0.4, 0.5) is 5.69 Å². The minimum absolute atomic E-state index is 0.0478. The Balaban J connectivity index is 1.70. The molecule has 5 nitrogen and oxygen atoms in total. The van der Waals surface area contributed by atoms with Gasteiger partial charge in [-0.2, -0.15) is 0 Å². The maximum atomic E-state index is 12.4. The summed E-state index contributed by atoms with van der Waals surface area (Å²) in [6.45, 7) is 5.34. The molecular weight excluding hydrogens is 374 g/mol. The highest BCUT2D eigenvalue weighted by molar-refractivity contribution is 7.91. The first-order valence-electron chi connectivity index (χ1n) is 9.38. The average Bonchev–Trinajstić information content (AvgIpc) is 2.68. The largest absolute Gasteiger partial charge is 0.381 e. The van der Waals surface area contributed by atoms with Crippen molar-refractivity contribution in [2.24, 2.45) is 0 Å². The molecule has 0 radical (unpaired) electrons. The molecule has 28 heavy (non-hydrogen) atoms. The van der Waals surface area contributed by atoms with Crippen LogP contribution in [0, 0.1) is 0 Å². The van der Waals surface area contributed by atoms with Gasteiger partial charge in [0.05, 0.1) is 17.1 Å². The molecule has 3 rings (SSSR count). The van der Waals surface area contributed by atoms with Crippen LogP contribution in [-0.2, 0) is 33.1 Å². The first kappa shape index (κ1) is 20.3. The maximum absolute atomic E-state index is 12.4. The Bertz CT molecular complexity index is 996. The van der Waals surface area contributed by atoms with Crippen LogP contribution in [0.2, 0.25) is 0 Å². The number of benzene rings is 2. The van der Waals surface area contributed by atoms with Gasteiger partial charge in [0.15, 0.2) is 9.84 Å². The molecule has 0 saturated carbocycles. The second-order valence-corrected chi connectivity index (χ2v) is 9.40. The average molecular weight is 400 g/mol. The van der Waals surface area contributed by atoms with Crippen LogP contribution in [0.3, 0.4) is 0 Å². The smallest absolute Gasteiger partial charge is 0.228 e. The first-order valence-corrected chi connectivity index (χ1v) is 11.0. The van der Waals surface area contributed by atoms with E-state index < -0.39 is 15.4 Å². The molecule has 0 fully saturated rings. The van der Waals surface area contributed by atoms with E-state index in [1.807, 2.05) is 12.1 Å². The van der Waals surface area contributed by atoms with Crippen molar-refractivity contribution in [3.63, 3.8) is 0 Å². The highest BCUT2D eigenvalue weighted by Gasteiger charge is 2.31. The van der Waals surface area contributed by atoms with Crippen LogP contribution >= 0.6 is 0 Å². The SMILES string of the molecule is C=CC1(O)CCCc2cc(NC(=O)Cc3ccc(S(=O)(=O)CC)cc3)ccc21. The van der Waals surface area contributed by atoms with Crippen LogP contribution < -0.4 is 5.32 Å². The van der Waals surface area contributed by atoms with Crippen molar-refractivity contribution in [1.82, 2.24) is 0 Å². The molecule has 148 valence electrons. The van der Waals surface area contributed by atoms with E-state index in [0.29, 0.717) is 12.1 Å². The van der Waals surface area contributed by atoms with Crippen LogP contribution in [0.25, 0.3) is 0 Å². The van der Waals surface area contributed by atoms with Crippen molar-refractivity contribution in [1.29, 1.82) is 0 Å². The molecule has 2 aromatic carbocycles. The first-order chi connectivity index (χ1) is 13.3. The fraction of sp³-hybridized carbons (Fsp3) is 0.318. The maximum Gasteiger partial charge on any atom is 0.228 e. The number of carbonyl (C=O) groups is 1. The van der Waals surface area contributed by atoms with Gasteiger partial charge in [-0.1, -0.05) is 37.8 Å². The molecule has 0 saturated heterocycles. The number of rotatable bonds is 6. The summed E-state index contributed by atoms with van der Waals surface area (Å²) in [7, 11) is -3.24. The number of amides is 1. The molecule has 2 aromatic rings. The molecule has 1 atom stereocenters. The van der Waals surface area contributed by atoms with Crippen LogP contribution in [0.5, 0.6) is 0 Å². The summed E-state index contributed by atoms with van der Waals surface area (Å²) < 4.78 is 23.7. The van der Waals surface area contributed by atoms with Crippen molar-refractivity contribution >= 4 is 21.4 Å². The van der Waals surface area contributed by atoms with Gasteiger partial charge in [-0.15, -0.1) is 0 Å². The van der Waals surface area contributed by atoms with Crippen molar-refractivity contribution in [3.8, 4) is 0 Å². The molecule has 0 aliphatic heterocycles. The van der Waals surface area contributed by atoms with Gasteiger partial charge in [0.1, 0.15) is 5.60 Å². The highest BCUT2D eigenvalue weighted by Crippen LogP contribution is 2.37. The summed E-state index contributed by atoms with van der Waals surface area (Å²) in [5.41, 5.74) is 2.28. The van der Waals surface area contributed by atoms with Gasteiger partial charge in [-0.25, -0.2) is 8.42 Å². The number of sulfone groups is 1. The third-order valence-electron chi connectivity index (χ3n) is 5.22. The molecule has 1 amide bonds. The predicted molar refractivity (Wildman–Crippen MR) is 110 cm³/mol. The van der Waals surface area contributed by atoms with Gasteiger partial charge in [-0.05, 0) is 60.2 Å². The van der Waals surface area contributed by atoms with Crippen LogP contribution in [-0.4, -0.2) is 25.2 Å². The van der Waals surface area contributed by atoms with E-state index in [2.05, 4.69) is 11.9 Å². The fourth-order valence-electron chi connectivity index (χ4n) is 3.57. The van der Waals surface area contributed by atoms with Crippen molar-refractivity contribution in [2.45, 2.75) is 43.1 Å². The van der Waals surface area contributed by atoms with E-state index in [9.17, 15) is 18.3 Å². The minimum atomic E-state index is -3.24. The van der Waals surface area contributed by atoms with Crippen LogP contribution in [0.15, 0.2) is 60.0 Å². The van der Waals surface area contributed by atoms with E-state index in [-0.39, 0.29) is 23.0 Å². The second kappa shape index (κ2) is 7.89. The van der Waals surface area contributed by atoms with E-state index in [4.69, 9.17) is 0 Å². The second-order valence-electron chi connectivity index (χ2n) is 7.13. The zero-order chi connectivity index (χ0) is 20.4. The fourth-order valence-corrected chi connectivity index (χ4v) is 4.45. The Labute approximate surface area is 166 Å². The lowest BCUT2D eigenvalue weighted by Gasteiger charge is -2.32. The zero-order valence-corrected chi connectivity index (χ0v) is 16.8. The normalized spacial score (nSPS) is 18.9. The minimum Gasteiger partial charge on any atom is -0.381 e. The summed E-state index contributed by atoms with van der Waals surface area (Å²) in [5.74, 6) is -0.132. The van der Waals surface area contributed by atoms with Gasteiger partial charge in [-0.3, -0.25) is 4.79 Å². The third kappa shape index (κ3) is 4.18. The van der Waals surface area contributed by atoms with Gasteiger partial charge >= 0.3 is 0 Å². The van der Waals surface area contributed by atoms with Crippen molar-refractivity contribution in [3.05, 3.63) is 71.8 Å². The third-order valence-corrected chi connectivity index (χ3v) is 6.97. The monoisotopic (exact) mass is 399 g/mol. The number of hydrogen-bond donors (Lipinski definition) is 2. The number of aryl methyl sites for hydroxylation is 1. The topological polar surface area (TPSA) is 83.5 Å². The van der Waals surface area contributed by atoms with E-state index in [1.165, 1.54) is 12.1 Å². The Hall–Kier alpha value is -2.44. The van der Waals surface area contributed by atoms with Crippen LogP contribution in [0.1, 0.15) is 36.5 Å². The lowest BCUT2D eigenvalue weighted by atomic mass is 9.79. The standard InChI is InChI=1S/C22H25NO4S/c1-3-22(25)13-5-6-17-15-18(9-12-20(17)22)23-21(24)14-16-7-10-19(11-8-16)28(26,27)4-2/h3,7-12,15,25H,1,4-6,13-14H2,2H3,(H,23,24). The quantitative estimate of drug-likeness (QED) is 0.730. The predicted octanol–water partition coefficient (Wildman–Crippen LogP) is 3.37. The summed E-state index contributed by atoms with van der Waals surface area (Å²) in [6, 6.07) is 11.9. The van der Waals surface area contributed by atoms with Gasteiger partial charge in [0.25, 0.3) is 0 Å². The summed E-state index contributed by atoms with van der Waals surface area (Å²) >= 11 is 0. The van der Waals surface area contributed by atoms with E-state index >= 15 is 0 Å². The Morgan fingerprint density at radius 1 is 1.25 bits per heavy atom. The zero-order valence-electron chi connectivity index (χ0n) is 15.9. The molecular formula is C22H25NO4S. The summed E-state index contributed by atoms with van der Waals surface area (Å²) in [5, 5.41) is 13.5. The summed E-state index contributed by atoms with van der Waals surface area (Å²) in [6.07, 6.45) is 4.09. The van der Waals surface area contributed by atoms with E-state index in [0.717, 1.165) is 29.5 Å². The summed E-state index contributed by atoms with van der Waals surface area (Å²) in [4.78, 5) is 12.6. The molecule has 0 heterocycles. The van der Waals surface area contributed by atoms with Crippen molar-refractivity contribution in [2.75, 3.05) is 11.1 Å². The molecule has 1 unspecified atom stereocenters. The molecule has 0 aromatic heterocycles.